The molecular weight excluding hydrogens is 330 g/mol. The number of benzene rings is 1. The molecule has 0 atom stereocenters. The van der Waals surface area contributed by atoms with Crippen molar-refractivity contribution in [3.63, 3.8) is 0 Å². The van der Waals surface area contributed by atoms with E-state index in [4.69, 9.17) is 4.74 Å². The number of nitrogens with zero attached hydrogens (tertiary/aromatic N) is 7. The Labute approximate surface area is 152 Å². The van der Waals surface area contributed by atoms with Crippen molar-refractivity contribution in [2.75, 3.05) is 38.2 Å². The Morgan fingerprint density at radius 3 is 2.38 bits per heavy atom. The maximum atomic E-state index is 5.22. The highest BCUT2D eigenvalue weighted by atomic mass is 16.5. The molecule has 0 aliphatic carbocycles. The fourth-order valence-electron chi connectivity index (χ4n) is 3.07. The maximum absolute atomic E-state index is 5.22. The minimum absolute atomic E-state index is 0.759. The molecule has 2 aromatic heterocycles. The van der Waals surface area contributed by atoms with E-state index in [0.29, 0.717) is 0 Å². The third-order valence-corrected chi connectivity index (χ3v) is 4.51. The Hall–Kier alpha value is -3.00. The molecule has 0 bridgehead atoms. The Morgan fingerprint density at radius 1 is 0.962 bits per heavy atom. The van der Waals surface area contributed by atoms with Gasteiger partial charge in [-0.2, -0.15) is 5.10 Å². The summed E-state index contributed by atoms with van der Waals surface area (Å²) in [4.78, 5) is 17.7. The van der Waals surface area contributed by atoms with Gasteiger partial charge in [-0.25, -0.2) is 19.6 Å². The Balaban J connectivity index is 1.40. The van der Waals surface area contributed by atoms with Gasteiger partial charge in [0.25, 0.3) is 0 Å². The van der Waals surface area contributed by atoms with Gasteiger partial charge in [0, 0.05) is 38.6 Å². The van der Waals surface area contributed by atoms with Crippen LogP contribution in [0.5, 0.6) is 5.75 Å². The van der Waals surface area contributed by atoms with Crippen molar-refractivity contribution in [1.82, 2.24) is 29.6 Å². The summed E-state index contributed by atoms with van der Waals surface area (Å²) < 4.78 is 7.10. The van der Waals surface area contributed by atoms with Gasteiger partial charge in [0.2, 0.25) is 5.95 Å². The molecule has 1 aromatic carbocycles. The lowest BCUT2D eigenvalue weighted by Gasteiger charge is -2.34. The normalized spacial score (nSPS) is 15.2. The highest BCUT2D eigenvalue weighted by molar-refractivity contribution is 5.37. The summed E-state index contributed by atoms with van der Waals surface area (Å²) in [6.45, 7) is 4.44. The molecule has 0 saturated carbocycles. The second-order valence-corrected chi connectivity index (χ2v) is 6.10. The van der Waals surface area contributed by atoms with Gasteiger partial charge in [-0.05, 0) is 30.3 Å². The first kappa shape index (κ1) is 16.5. The van der Waals surface area contributed by atoms with Crippen LogP contribution in [0.2, 0.25) is 0 Å². The van der Waals surface area contributed by atoms with Gasteiger partial charge in [0.15, 0.2) is 0 Å². The van der Waals surface area contributed by atoms with Crippen molar-refractivity contribution in [2.45, 2.75) is 6.54 Å². The molecule has 0 amide bonds. The minimum Gasteiger partial charge on any atom is -0.497 e. The number of rotatable bonds is 5. The Kier molecular flexibility index (Phi) is 4.74. The topological polar surface area (TPSA) is 72.2 Å². The number of aromatic nitrogens is 5. The zero-order valence-corrected chi connectivity index (χ0v) is 14.7. The molecule has 8 nitrogen and oxygen atoms in total. The van der Waals surface area contributed by atoms with E-state index in [1.54, 1.807) is 25.8 Å². The molecule has 1 aliphatic rings. The molecule has 4 rings (SSSR count). The van der Waals surface area contributed by atoms with Crippen molar-refractivity contribution in [3.05, 3.63) is 54.9 Å². The van der Waals surface area contributed by atoms with Crippen molar-refractivity contribution < 1.29 is 4.74 Å². The smallest absolute Gasteiger partial charge is 0.225 e. The van der Waals surface area contributed by atoms with Crippen LogP contribution in [0.1, 0.15) is 5.82 Å². The predicted molar refractivity (Wildman–Crippen MR) is 97.4 cm³/mol. The first-order chi connectivity index (χ1) is 12.8. The van der Waals surface area contributed by atoms with E-state index in [1.807, 2.05) is 35.0 Å². The van der Waals surface area contributed by atoms with Crippen LogP contribution in [0, 0.1) is 0 Å². The Bertz CT molecular complexity index is 826. The van der Waals surface area contributed by atoms with Crippen molar-refractivity contribution >= 4 is 5.95 Å². The number of anilines is 1. The van der Waals surface area contributed by atoms with Gasteiger partial charge in [0.1, 0.15) is 17.9 Å². The molecule has 8 heteroatoms. The maximum Gasteiger partial charge on any atom is 0.225 e. The van der Waals surface area contributed by atoms with Crippen LogP contribution in [0.3, 0.4) is 0 Å². The molecular formula is C18H21N7O. The summed E-state index contributed by atoms with van der Waals surface area (Å²) in [6.07, 6.45) is 5.17. The fourth-order valence-corrected chi connectivity index (χ4v) is 3.07. The second kappa shape index (κ2) is 7.49. The monoisotopic (exact) mass is 351 g/mol. The van der Waals surface area contributed by atoms with Gasteiger partial charge < -0.3 is 9.64 Å². The van der Waals surface area contributed by atoms with Gasteiger partial charge in [-0.1, -0.05) is 0 Å². The highest BCUT2D eigenvalue weighted by Gasteiger charge is 2.20. The van der Waals surface area contributed by atoms with Gasteiger partial charge in [0.05, 0.1) is 19.3 Å². The summed E-state index contributed by atoms with van der Waals surface area (Å²) in [7, 11) is 1.66. The summed E-state index contributed by atoms with van der Waals surface area (Å²) in [5.74, 6) is 2.56. The van der Waals surface area contributed by atoms with Crippen molar-refractivity contribution in [3.8, 4) is 11.4 Å². The number of methoxy groups -OCH3 is 1. The SMILES string of the molecule is COc1ccc(-n2ncnc2CN2CCN(c3ncccn3)CC2)cc1. The van der Waals surface area contributed by atoms with E-state index in [2.05, 4.69) is 29.9 Å². The van der Waals surface area contributed by atoms with Crippen LogP contribution in [0.25, 0.3) is 5.69 Å². The van der Waals surface area contributed by atoms with Crippen LogP contribution < -0.4 is 9.64 Å². The number of hydrogen-bond donors (Lipinski definition) is 0. The number of hydrogen-bond acceptors (Lipinski definition) is 7. The summed E-state index contributed by atoms with van der Waals surface area (Å²) >= 11 is 0. The van der Waals surface area contributed by atoms with Crippen LogP contribution in [-0.2, 0) is 6.54 Å². The first-order valence-electron chi connectivity index (χ1n) is 8.61. The first-order valence-corrected chi connectivity index (χ1v) is 8.61. The molecule has 1 fully saturated rings. The lowest BCUT2D eigenvalue weighted by Crippen LogP contribution is -2.46. The molecule has 0 N–H and O–H groups in total. The molecule has 1 aliphatic heterocycles. The van der Waals surface area contributed by atoms with Gasteiger partial charge in [-0.3, -0.25) is 4.90 Å². The summed E-state index contributed by atoms with van der Waals surface area (Å²) in [5, 5.41) is 4.38. The molecule has 134 valence electrons. The molecule has 0 unspecified atom stereocenters. The van der Waals surface area contributed by atoms with E-state index < -0.39 is 0 Å². The minimum atomic E-state index is 0.759. The average Bonchev–Trinajstić information content (AvgIpc) is 3.17. The van der Waals surface area contributed by atoms with Crippen molar-refractivity contribution in [1.29, 1.82) is 0 Å². The summed E-state index contributed by atoms with van der Waals surface area (Å²) in [6, 6.07) is 9.67. The summed E-state index contributed by atoms with van der Waals surface area (Å²) in [5.41, 5.74) is 0.981. The largest absolute Gasteiger partial charge is 0.497 e. The third-order valence-electron chi connectivity index (χ3n) is 4.51. The number of piperazine rings is 1. The van der Waals surface area contributed by atoms with Gasteiger partial charge in [-0.15, -0.1) is 0 Å². The fraction of sp³-hybridized carbons (Fsp3) is 0.333. The quantitative estimate of drug-likeness (QED) is 0.688. The molecule has 0 radical (unpaired) electrons. The third kappa shape index (κ3) is 3.50. The number of ether oxygens (including phenoxy) is 1. The van der Waals surface area contributed by atoms with Gasteiger partial charge >= 0.3 is 0 Å². The molecule has 1 saturated heterocycles. The van der Waals surface area contributed by atoms with E-state index in [9.17, 15) is 0 Å². The van der Waals surface area contributed by atoms with E-state index in [1.165, 1.54) is 0 Å². The van der Waals surface area contributed by atoms with Crippen molar-refractivity contribution in [2.24, 2.45) is 0 Å². The van der Waals surface area contributed by atoms with Crippen LogP contribution >= 0.6 is 0 Å². The zero-order chi connectivity index (χ0) is 17.8. The van der Waals surface area contributed by atoms with Crippen LogP contribution in [0.15, 0.2) is 49.1 Å². The van der Waals surface area contributed by atoms with Crippen LogP contribution in [0.4, 0.5) is 5.95 Å². The van der Waals surface area contributed by atoms with E-state index in [0.717, 1.165) is 55.9 Å². The predicted octanol–water partition coefficient (Wildman–Crippen LogP) is 1.39. The Morgan fingerprint density at radius 2 is 1.69 bits per heavy atom. The second-order valence-electron chi connectivity index (χ2n) is 6.10. The molecule has 3 heterocycles. The standard InChI is InChI=1S/C18H21N7O/c1-26-16-5-3-15(4-6-16)25-17(21-14-22-25)13-23-9-11-24(12-10-23)18-19-7-2-8-20-18/h2-8,14H,9-13H2,1H3. The molecule has 26 heavy (non-hydrogen) atoms. The van der Waals surface area contributed by atoms with E-state index in [-0.39, 0.29) is 0 Å². The lowest BCUT2D eigenvalue weighted by molar-refractivity contribution is 0.241. The molecule has 0 spiro atoms. The van der Waals surface area contributed by atoms with Crippen LogP contribution in [-0.4, -0.2) is 62.9 Å². The lowest BCUT2D eigenvalue weighted by atomic mass is 10.3. The highest BCUT2D eigenvalue weighted by Crippen LogP contribution is 2.17. The average molecular weight is 351 g/mol. The van der Waals surface area contributed by atoms with E-state index >= 15 is 0 Å². The molecule has 3 aromatic rings. The zero-order valence-electron chi connectivity index (χ0n) is 14.7.